The standard InChI is InChI=1S/C18H30O5/c1-12(9-19)17(21)14(3)18(13(2)10-20)23-11-15-5-7-16(22-4)8-6-15/h5-8,12-14,17-21H,9-11H2,1-4H3/t12-,13-,14+,17-,18-/m1/s1. The molecular formula is C18H30O5. The summed E-state index contributed by atoms with van der Waals surface area (Å²) in [6.07, 6.45) is -0.985. The van der Waals surface area contributed by atoms with Crippen LogP contribution in [0.5, 0.6) is 5.75 Å². The Hall–Kier alpha value is -1.14. The maximum Gasteiger partial charge on any atom is 0.118 e. The summed E-state index contributed by atoms with van der Waals surface area (Å²) in [6, 6.07) is 7.60. The van der Waals surface area contributed by atoms with E-state index in [1.807, 2.05) is 38.1 Å². The van der Waals surface area contributed by atoms with E-state index < -0.39 is 6.10 Å². The molecule has 5 heteroatoms. The smallest absolute Gasteiger partial charge is 0.118 e. The maximum absolute atomic E-state index is 10.3. The predicted molar refractivity (Wildman–Crippen MR) is 89.2 cm³/mol. The molecule has 1 aromatic carbocycles. The number of aliphatic hydroxyl groups excluding tert-OH is 3. The highest BCUT2D eigenvalue weighted by molar-refractivity contribution is 5.26. The van der Waals surface area contributed by atoms with Crippen LogP contribution in [0.25, 0.3) is 0 Å². The second kappa shape index (κ2) is 9.88. The van der Waals surface area contributed by atoms with E-state index in [9.17, 15) is 15.3 Å². The average molecular weight is 326 g/mol. The Bertz CT molecular complexity index is 434. The predicted octanol–water partition coefficient (Wildman–Crippen LogP) is 1.83. The summed E-state index contributed by atoms with van der Waals surface area (Å²) >= 11 is 0. The molecule has 0 fully saturated rings. The highest BCUT2D eigenvalue weighted by Gasteiger charge is 2.32. The molecule has 5 nitrogen and oxygen atoms in total. The highest BCUT2D eigenvalue weighted by Crippen LogP contribution is 2.25. The van der Waals surface area contributed by atoms with Crippen LogP contribution in [-0.4, -0.2) is 47.9 Å². The summed E-state index contributed by atoms with van der Waals surface area (Å²) in [5, 5.41) is 29.0. The second-order valence-electron chi connectivity index (χ2n) is 6.29. The molecule has 3 N–H and O–H groups in total. The minimum atomic E-state index is -0.685. The Kier molecular flexibility index (Phi) is 8.55. The molecule has 0 saturated heterocycles. The van der Waals surface area contributed by atoms with E-state index in [1.165, 1.54) is 0 Å². The Balaban J connectivity index is 2.73. The largest absolute Gasteiger partial charge is 0.497 e. The van der Waals surface area contributed by atoms with E-state index in [0.29, 0.717) is 6.61 Å². The van der Waals surface area contributed by atoms with Gasteiger partial charge < -0.3 is 24.8 Å². The van der Waals surface area contributed by atoms with E-state index in [-0.39, 0.29) is 37.1 Å². The van der Waals surface area contributed by atoms with Crippen LogP contribution in [0.1, 0.15) is 26.3 Å². The fourth-order valence-electron chi connectivity index (χ4n) is 2.67. The maximum atomic E-state index is 10.3. The lowest BCUT2D eigenvalue weighted by molar-refractivity contribution is -0.0891. The number of benzene rings is 1. The first kappa shape index (κ1) is 19.9. The van der Waals surface area contributed by atoms with Gasteiger partial charge in [0.2, 0.25) is 0 Å². The molecular weight excluding hydrogens is 296 g/mol. The van der Waals surface area contributed by atoms with E-state index in [4.69, 9.17) is 9.47 Å². The van der Waals surface area contributed by atoms with Crippen LogP contribution < -0.4 is 4.74 Å². The lowest BCUT2D eigenvalue weighted by Crippen LogP contribution is -2.41. The Morgan fingerprint density at radius 2 is 1.52 bits per heavy atom. The van der Waals surface area contributed by atoms with E-state index in [2.05, 4.69) is 0 Å². The van der Waals surface area contributed by atoms with Gasteiger partial charge in [-0.3, -0.25) is 0 Å². The summed E-state index contributed by atoms with van der Waals surface area (Å²) in [6.45, 7) is 5.88. The van der Waals surface area contributed by atoms with Crippen LogP contribution in [0.4, 0.5) is 0 Å². The van der Waals surface area contributed by atoms with Crippen molar-refractivity contribution >= 4 is 0 Å². The molecule has 132 valence electrons. The van der Waals surface area contributed by atoms with Gasteiger partial charge in [0.15, 0.2) is 0 Å². The number of rotatable bonds is 10. The second-order valence-corrected chi connectivity index (χ2v) is 6.29. The first-order valence-electron chi connectivity index (χ1n) is 8.08. The van der Waals surface area contributed by atoms with Crippen LogP contribution in [0, 0.1) is 17.8 Å². The van der Waals surface area contributed by atoms with Gasteiger partial charge in [0, 0.05) is 31.0 Å². The molecule has 23 heavy (non-hydrogen) atoms. The van der Waals surface area contributed by atoms with Gasteiger partial charge in [-0.1, -0.05) is 32.9 Å². The van der Waals surface area contributed by atoms with Crippen molar-refractivity contribution in [1.82, 2.24) is 0 Å². The third kappa shape index (κ3) is 5.77. The first-order valence-corrected chi connectivity index (χ1v) is 8.08. The lowest BCUT2D eigenvalue weighted by atomic mass is 9.84. The third-order valence-corrected chi connectivity index (χ3v) is 4.38. The lowest BCUT2D eigenvalue weighted by Gasteiger charge is -2.34. The summed E-state index contributed by atoms with van der Waals surface area (Å²) in [5.41, 5.74) is 0.998. The third-order valence-electron chi connectivity index (χ3n) is 4.38. The topological polar surface area (TPSA) is 79.2 Å². The number of hydrogen-bond acceptors (Lipinski definition) is 5. The molecule has 0 aromatic heterocycles. The normalized spacial score (nSPS) is 18.0. The van der Waals surface area contributed by atoms with Crippen LogP contribution in [0.2, 0.25) is 0 Å². The zero-order valence-corrected chi connectivity index (χ0v) is 14.5. The van der Waals surface area contributed by atoms with Gasteiger partial charge in [0.05, 0.1) is 25.9 Å². The molecule has 5 atom stereocenters. The van der Waals surface area contributed by atoms with Crippen LogP contribution in [0.3, 0.4) is 0 Å². The highest BCUT2D eigenvalue weighted by atomic mass is 16.5. The monoisotopic (exact) mass is 326 g/mol. The Morgan fingerprint density at radius 3 is 2.00 bits per heavy atom. The number of ether oxygens (including phenoxy) is 2. The van der Waals surface area contributed by atoms with Crippen molar-refractivity contribution in [2.75, 3.05) is 20.3 Å². The zero-order valence-electron chi connectivity index (χ0n) is 14.5. The molecule has 0 spiro atoms. The molecule has 0 aliphatic heterocycles. The SMILES string of the molecule is COc1ccc(CO[C@@H]([C@@H](C)[C@H](O)[C@H](C)CO)[C@H](C)CO)cc1. The molecule has 0 aliphatic rings. The van der Waals surface area contributed by atoms with Crippen molar-refractivity contribution in [2.45, 2.75) is 39.6 Å². The summed E-state index contributed by atoms with van der Waals surface area (Å²) in [5.74, 6) is 0.249. The number of aliphatic hydroxyl groups is 3. The van der Waals surface area contributed by atoms with Gasteiger partial charge in [0.25, 0.3) is 0 Å². The summed E-state index contributed by atoms with van der Waals surface area (Å²) in [4.78, 5) is 0. The summed E-state index contributed by atoms with van der Waals surface area (Å²) < 4.78 is 11.1. The van der Waals surface area contributed by atoms with Crippen molar-refractivity contribution in [3.63, 3.8) is 0 Å². The van der Waals surface area contributed by atoms with Gasteiger partial charge in [0.1, 0.15) is 5.75 Å². The van der Waals surface area contributed by atoms with Gasteiger partial charge in [-0.05, 0) is 17.7 Å². The van der Waals surface area contributed by atoms with Crippen LogP contribution in [-0.2, 0) is 11.3 Å². The number of methoxy groups -OCH3 is 1. The quantitative estimate of drug-likeness (QED) is 0.611. The van der Waals surface area contributed by atoms with Crippen molar-refractivity contribution in [3.8, 4) is 5.75 Å². The molecule has 0 unspecified atom stereocenters. The Labute approximate surface area is 138 Å². The minimum absolute atomic E-state index is 0.0160. The molecule has 1 rings (SSSR count). The van der Waals surface area contributed by atoms with Crippen molar-refractivity contribution in [2.24, 2.45) is 17.8 Å². The molecule has 0 bridgehead atoms. The summed E-state index contributed by atoms with van der Waals surface area (Å²) in [7, 11) is 1.62. The molecule has 0 aliphatic carbocycles. The van der Waals surface area contributed by atoms with Crippen LogP contribution >= 0.6 is 0 Å². The molecule has 0 amide bonds. The molecule has 0 heterocycles. The van der Waals surface area contributed by atoms with Crippen LogP contribution in [0.15, 0.2) is 24.3 Å². The minimum Gasteiger partial charge on any atom is -0.497 e. The van der Waals surface area contributed by atoms with Gasteiger partial charge in [-0.25, -0.2) is 0 Å². The van der Waals surface area contributed by atoms with Crippen molar-refractivity contribution in [1.29, 1.82) is 0 Å². The molecule has 0 radical (unpaired) electrons. The van der Waals surface area contributed by atoms with Gasteiger partial charge >= 0.3 is 0 Å². The molecule has 1 aromatic rings. The van der Waals surface area contributed by atoms with Gasteiger partial charge in [-0.15, -0.1) is 0 Å². The van der Waals surface area contributed by atoms with E-state index in [0.717, 1.165) is 11.3 Å². The van der Waals surface area contributed by atoms with Crippen molar-refractivity contribution in [3.05, 3.63) is 29.8 Å². The molecule has 0 saturated carbocycles. The first-order chi connectivity index (χ1) is 10.9. The number of hydrogen-bond donors (Lipinski definition) is 3. The fourth-order valence-corrected chi connectivity index (χ4v) is 2.67. The Morgan fingerprint density at radius 1 is 0.957 bits per heavy atom. The zero-order chi connectivity index (χ0) is 17.4. The van der Waals surface area contributed by atoms with Gasteiger partial charge in [-0.2, -0.15) is 0 Å². The van der Waals surface area contributed by atoms with Crippen molar-refractivity contribution < 1.29 is 24.8 Å². The average Bonchev–Trinajstić information content (AvgIpc) is 2.60. The fraction of sp³-hybridized carbons (Fsp3) is 0.667. The van der Waals surface area contributed by atoms with E-state index >= 15 is 0 Å². The van der Waals surface area contributed by atoms with E-state index in [1.54, 1.807) is 14.0 Å².